The highest BCUT2D eigenvalue weighted by Crippen LogP contribution is 2.30. The summed E-state index contributed by atoms with van der Waals surface area (Å²) in [7, 11) is 0. The Morgan fingerprint density at radius 3 is 2.50 bits per heavy atom. The Hall–Kier alpha value is -2.99. The zero-order valence-corrected chi connectivity index (χ0v) is 19.6. The fraction of sp³-hybridized carbons (Fsp3) is 0.269. The molecule has 4 rings (SSSR count). The van der Waals surface area contributed by atoms with Gasteiger partial charge < -0.3 is 10.2 Å². The topological polar surface area (TPSA) is 62.3 Å². The van der Waals surface area contributed by atoms with Crippen molar-refractivity contribution in [2.75, 3.05) is 13.1 Å². The Kier molecular flexibility index (Phi) is 7.00. The van der Waals surface area contributed by atoms with Crippen molar-refractivity contribution in [1.82, 2.24) is 15.2 Å². The molecule has 1 fully saturated rings. The van der Waals surface area contributed by atoms with E-state index in [9.17, 15) is 9.59 Å². The van der Waals surface area contributed by atoms with E-state index in [1.807, 2.05) is 78.6 Å². The minimum Gasteiger partial charge on any atom is -0.348 e. The summed E-state index contributed by atoms with van der Waals surface area (Å²) in [6.45, 7) is 3.72. The number of pyridine rings is 1. The molecule has 1 saturated heterocycles. The number of hydrogen-bond acceptors (Lipinski definition) is 3. The molecule has 1 N–H and O–H groups in total. The number of aryl methyl sites for hydroxylation is 1. The summed E-state index contributed by atoms with van der Waals surface area (Å²) < 4.78 is 0.897. The standard InChI is InChI=1S/C26H26BrN3O2/c1-18-10-11-23(25(31)28-17-19-6-3-2-4-7-19)24(29-18)20-12-14-30(15-13-20)26(32)21-8-5-9-22(27)16-21/h2-11,16,20H,12-15,17H2,1H3,(H,28,31). The Morgan fingerprint density at radius 1 is 1.03 bits per heavy atom. The number of carbonyl (C=O) groups excluding carboxylic acids is 2. The Morgan fingerprint density at radius 2 is 1.78 bits per heavy atom. The van der Waals surface area contributed by atoms with E-state index in [2.05, 4.69) is 21.2 Å². The summed E-state index contributed by atoms with van der Waals surface area (Å²) in [5.74, 6) is 0.0886. The molecule has 0 atom stereocenters. The van der Waals surface area contributed by atoms with Crippen molar-refractivity contribution in [3.63, 3.8) is 0 Å². The van der Waals surface area contributed by atoms with Crippen LogP contribution in [-0.4, -0.2) is 34.8 Å². The first-order valence-electron chi connectivity index (χ1n) is 10.9. The van der Waals surface area contributed by atoms with Gasteiger partial charge >= 0.3 is 0 Å². The molecule has 2 amide bonds. The summed E-state index contributed by atoms with van der Waals surface area (Å²) in [5, 5.41) is 3.02. The molecule has 0 radical (unpaired) electrons. The lowest BCUT2D eigenvalue weighted by atomic mass is 9.89. The number of amides is 2. The number of carbonyl (C=O) groups is 2. The summed E-state index contributed by atoms with van der Waals surface area (Å²) in [4.78, 5) is 32.5. The van der Waals surface area contributed by atoms with Crippen molar-refractivity contribution in [2.45, 2.75) is 32.2 Å². The highest BCUT2D eigenvalue weighted by Gasteiger charge is 2.28. The second-order valence-corrected chi connectivity index (χ2v) is 9.05. The van der Waals surface area contributed by atoms with Crippen LogP contribution in [0.4, 0.5) is 0 Å². The minimum absolute atomic E-state index is 0.0442. The normalized spacial score (nSPS) is 14.2. The minimum atomic E-state index is -0.107. The van der Waals surface area contributed by atoms with E-state index in [1.54, 1.807) is 0 Å². The number of nitrogens with one attached hydrogen (secondary N) is 1. The van der Waals surface area contributed by atoms with Crippen LogP contribution in [0.2, 0.25) is 0 Å². The molecule has 0 unspecified atom stereocenters. The summed E-state index contributed by atoms with van der Waals surface area (Å²) in [6, 6.07) is 21.1. The van der Waals surface area contributed by atoms with Gasteiger partial charge in [0.15, 0.2) is 0 Å². The number of piperidine rings is 1. The van der Waals surface area contributed by atoms with Gasteiger partial charge in [0, 0.05) is 41.3 Å². The van der Waals surface area contributed by atoms with Gasteiger partial charge in [0.1, 0.15) is 0 Å². The Bertz CT molecular complexity index is 1110. The van der Waals surface area contributed by atoms with Gasteiger partial charge in [0.05, 0.1) is 11.3 Å². The number of benzene rings is 2. The first-order chi connectivity index (χ1) is 15.5. The van der Waals surface area contributed by atoms with E-state index in [1.165, 1.54) is 0 Å². The van der Waals surface area contributed by atoms with E-state index in [0.717, 1.165) is 34.3 Å². The third-order valence-electron chi connectivity index (χ3n) is 5.84. The second kappa shape index (κ2) is 10.1. The van der Waals surface area contributed by atoms with Crippen LogP contribution in [0.5, 0.6) is 0 Å². The van der Waals surface area contributed by atoms with Crippen molar-refractivity contribution in [3.05, 3.63) is 99.3 Å². The molecule has 0 spiro atoms. The monoisotopic (exact) mass is 491 g/mol. The van der Waals surface area contributed by atoms with Gasteiger partial charge in [0.25, 0.3) is 11.8 Å². The van der Waals surface area contributed by atoms with Crippen LogP contribution in [0.3, 0.4) is 0 Å². The van der Waals surface area contributed by atoms with Gasteiger partial charge in [-0.15, -0.1) is 0 Å². The van der Waals surface area contributed by atoms with Gasteiger partial charge in [-0.1, -0.05) is 52.3 Å². The Labute approximate surface area is 197 Å². The second-order valence-electron chi connectivity index (χ2n) is 8.13. The third kappa shape index (κ3) is 5.25. The van der Waals surface area contributed by atoms with E-state index in [4.69, 9.17) is 4.98 Å². The molecule has 1 aliphatic heterocycles. The van der Waals surface area contributed by atoms with Crippen molar-refractivity contribution in [1.29, 1.82) is 0 Å². The van der Waals surface area contributed by atoms with Crippen molar-refractivity contribution < 1.29 is 9.59 Å². The number of nitrogens with zero attached hydrogens (tertiary/aromatic N) is 2. The van der Waals surface area contributed by atoms with Gasteiger partial charge in [-0.25, -0.2) is 0 Å². The summed E-state index contributed by atoms with van der Waals surface area (Å²) >= 11 is 3.43. The lowest BCUT2D eigenvalue weighted by Crippen LogP contribution is -2.38. The fourth-order valence-corrected chi connectivity index (χ4v) is 4.51. The SMILES string of the molecule is Cc1ccc(C(=O)NCc2ccccc2)c(C2CCN(C(=O)c3cccc(Br)c3)CC2)n1. The highest BCUT2D eigenvalue weighted by atomic mass is 79.9. The van der Waals surface area contributed by atoms with Crippen molar-refractivity contribution >= 4 is 27.7 Å². The summed E-state index contributed by atoms with van der Waals surface area (Å²) in [5.41, 5.74) is 4.11. The Balaban J connectivity index is 1.44. The summed E-state index contributed by atoms with van der Waals surface area (Å²) in [6.07, 6.45) is 1.57. The molecule has 0 bridgehead atoms. The van der Waals surface area contributed by atoms with Gasteiger partial charge in [-0.2, -0.15) is 0 Å². The van der Waals surface area contributed by atoms with Crippen molar-refractivity contribution in [3.8, 4) is 0 Å². The maximum Gasteiger partial charge on any atom is 0.253 e. The van der Waals surface area contributed by atoms with E-state index in [0.29, 0.717) is 30.8 Å². The van der Waals surface area contributed by atoms with Crippen LogP contribution >= 0.6 is 15.9 Å². The van der Waals surface area contributed by atoms with Crippen LogP contribution in [0.1, 0.15) is 56.4 Å². The molecular weight excluding hydrogens is 466 g/mol. The average molecular weight is 492 g/mol. The molecule has 5 nitrogen and oxygen atoms in total. The molecular formula is C26H26BrN3O2. The predicted octanol–water partition coefficient (Wildman–Crippen LogP) is 5.10. The number of aromatic nitrogens is 1. The van der Waals surface area contributed by atoms with E-state index >= 15 is 0 Å². The molecule has 2 heterocycles. The van der Waals surface area contributed by atoms with E-state index in [-0.39, 0.29) is 17.7 Å². The first kappa shape index (κ1) is 22.2. The molecule has 3 aromatic rings. The fourth-order valence-electron chi connectivity index (χ4n) is 4.11. The smallest absolute Gasteiger partial charge is 0.253 e. The first-order valence-corrected chi connectivity index (χ1v) is 11.6. The number of hydrogen-bond donors (Lipinski definition) is 1. The zero-order valence-electron chi connectivity index (χ0n) is 18.1. The van der Waals surface area contributed by atoms with Crippen LogP contribution in [0.15, 0.2) is 71.2 Å². The van der Waals surface area contributed by atoms with Gasteiger partial charge in [-0.3, -0.25) is 14.6 Å². The van der Waals surface area contributed by atoms with Crippen LogP contribution in [0, 0.1) is 6.92 Å². The zero-order chi connectivity index (χ0) is 22.5. The lowest BCUT2D eigenvalue weighted by Gasteiger charge is -2.32. The lowest BCUT2D eigenvalue weighted by molar-refractivity contribution is 0.0710. The molecule has 32 heavy (non-hydrogen) atoms. The van der Waals surface area contributed by atoms with Crippen LogP contribution in [0.25, 0.3) is 0 Å². The quantitative estimate of drug-likeness (QED) is 0.539. The maximum atomic E-state index is 13.0. The van der Waals surface area contributed by atoms with Gasteiger partial charge in [-0.05, 0) is 55.7 Å². The van der Waals surface area contributed by atoms with E-state index < -0.39 is 0 Å². The van der Waals surface area contributed by atoms with Crippen molar-refractivity contribution in [2.24, 2.45) is 0 Å². The highest BCUT2D eigenvalue weighted by molar-refractivity contribution is 9.10. The van der Waals surface area contributed by atoms with Gasteiger partial charge in [0.2, 0.25) is 0 Å². The van der Waals surface area contributed by atoms with Crippen LogP contribution in [-0.2, 0) is 6.54 Å². The predicted molar refractivity (Wildman–Crippen MR) is 129 cm³/mol. The molecule has 6 heteroatoms. The van der Waals surface area contributed by atoms with Crippen LogP contribution < -0.4 is 5.32 Å². The molecule has 0 saturated carbocycles. The number of rotatable bonds is 5. The molecule has 1 aromatic heterocycles. The average Bonchev–Trinajstić information content (AvgIpc) is 2.83. The number of likely N-dealkylation sites (tertiary alicyclic amines) is 1. The molecule has 164 valence electrons. The number of halogens is 1. The maximum absolute atomic E-state index is 13.0. The molecule has 1 aliphatic rings. The third-order valence-corrected chi connectivity index (χ3v) is 6.34. The molecule has 2 aromatic carbocycles. The molecule has 0 aliphatic carbocycles. The largest absolute Gasteiger partial charge is 0.348 e.